The molecule has 1 aliphatic rings. The fraction of sp³-hybridized carbons (Fsp3) is 0.346. The number of carbonyl (C=O) groups excluding carboxylic acids is 1. The fourth-order valence-electron chi connectivity index (χ4n) is 4.49. The number of thiol groups is 1. The lowest BCUT2D eigenvalue weighted by molar-refractivity contribution is 0.0916. The van der Waals surface area contributed by atoms with Crippen LogP contribution in [0.25, 0.3) is 0 Å². The summed E-state index contributed by atoms with van der Waals surface area (Å²) in [5.41, 5.74) is 4.09. The molecule has 3 atom stereocenters. The Labute approximate surface area is 217 Å². The molecule has 0 saturated heterocycles. The number of hydrogen-bond acceptors (Lipinski definition) is 7. The predicted octanol–water partition coefficient (Wildman–Crippen LogP) is 3.78. The normalized spacial score (nSPS) is 16.9. The van der Waals surface area contributed by atoms with E-state index in [9.17, 15) is 18.3 Å². The number of nitrogens with zero attached hydrogens (tertiary/aromatic N) is 3. The van der Waals surface area contributed by atoms with Crippen LogP contribution in [0.15, 0.2) is 54.9 Å². The number of halogens is 1. The summed E-state index contributed by atoms with van der Waals surface area (Å²) in [6, 6.07) is 12.0. The first-order chi connectivity index (χ1) is 17.3. The Balaban J connectivity index is 1.53. The first kappa shape index (κ1) is 26.1. The molecule has 0 aliphatic carbocycles. The van der Waals surface area contributed by atoms with Crippen LogP contribution in [-0.4, -0.2) is 42.6 Å². The maximum Gasteiger partial charge on any atom is 0.251 e. The van der Waals surface area contributed by atoms with Gasteiger partial charge in [-0.15, -0.1) is 0 Å². The number of hydrogen-bond donors (Lipinski definition) is 3. The van der Waals surface area contributed by atoms with Crippen molar-refractivity contribution in [3.63, 3.8) is 0 Å². The summed E-state index contributed by atoms with van der Waals surface area (Å²) in [7, 11) is -2.58. The number of fused-ring (bicyclic) bond motifs is 1. The van der Waals surface area contributed by atoms with Crippen LogP contribution in [0.5, 0.6) is 0 Å². The van der Waals surface area contributed by atoms with Gasteiger partial charge in [-0.3, -0.25) is 4.79 Å². The second-order valence-corrected chi connectivity index (χ2v) is 10.7. The molecule has 1 unspecified atom stereocenters. The van der Waals surface area contributed by atoms with E-state index in [4.69, 9.17) is 11.6 Å². The monoisotopic (exact) mass is 528 g/mol. The number of anilines is 1. The third kappa shape index (κ3) is 5.69. The first-order valence-electron chi connectivity index (χ1n) is 11.8. The van der Waals surface area contributed by atoms with Gasteiger partial charge in [0, 0.05) is 24.6 Å². The molecule has 0 fully saturated rings. The molecular weight excluding hydrogens is 500 g/mol. The molecule has 1 aromatic heterocycles. The summed E-state index contributed by atoms with van der Waals surface area (Å²) in [4.78, 5) is 23.9. The lowest BCUT2D eigenvalue weighted by Gasteiger charge is -2.34. The second-order valence-electron chi connectivity index (χ2n) is 8.94. The van der Waals surface area contributed by atoms with Gasteiger partial charge in [0.25, 0.3) is 5.91 Å². The maximum atomic E-state index is 13.1. The zero-order valence-corrected chi connectivity index (χ0v) is 21.7. The van der Waals surface area contributed by atoms with Crippen LogP contribution in [0.3, 0.4) is 0 Å². The highest BCUT2D eigenvalue weighted by molar-refractivity contribution is 7.72. The molecule has 10 heteroatoms. The van der Waals surface area contributed by atoms with Crippen LogP contribution in [-0.2, 0) is 17.2 Å². The van der Waals surface area contributed by atoms with E-state index in [1.165, 1.54) is 5.56 Å². The van der Waals surface area contributed by atoms with Gasteiger partial charge >= 0.3 is 0 Å². The summed E-state index contributed by atoms with van der Waals surface area (Å²) in [5.74, 6) is 0.573. The largest absolute Gasteiger partial charge is 0.394 e. The van der Waals surface area contributed by atoms with Crippen molar-refractivity contribution in [1.82, 2.24) is 15.3 Å². The summed E-state index contributed by atoms with van der Waals surface area (Å²) in [6.07, 6.45) is 4.09. The molecule has 36 heavy (non-hydrogen) atoms. The minimum Gasteiger partial charge on any atom is -0.394 e. The molecule has 4 rings (SSSR count). The Kier molecular flexibility index (Phi) is 8.23. The van der Waals surface area contributed by atoms with E-state index in [2.05, 4.69) is 27.1 Å². The Morgan fingerprint density at radius 1 is 1.17 bits per heavy atom. The lowest BCUT2D eigenvalue weighted by atomic mass is 9.87. The van der Waals surface area contributed by atoms with Crippen molar-refractivity contribution in [2.75, 3.05) is 18.1 Å². The Bertz CT molecular complexity index is 1290. The van der Waals surface area contributed by atoms with Gasteiger partial charge in [0.1, 0.15) is 10.7 Å². The first-order valence-corrected chi connectivity index (χ1v) is 13.4. The molecule has 3 aromatic rings. The molecule has 2 aromatic carbocycles. The van der Waals surface area contributed by atoms with Crippen LogP contribution in [0.1, 0.15) is 70.1 Å². The van der Waals surface area contributed by atoms with Crippen LogP contribution in [0.4, 0.5) is 5.95 Å². The van der Waals surface area contributed by atoms with Gasteiger partial charge in [-0.05, 0) is 47.7 Å². The number of aromatic nitrogens is 2. The standard InChI is InChI=1S/C26H29ClN4O4S/c1-3-17-13-31(26-28-11-22(27)12-29-26)14-21-10-20(8-9-23(17)21)25(33)30-24(15-32)19-6-4-18(5-7-19)16(2)36(34)35/h4-12,16-17,24,32,36H,3,13-15H2,1-2H3,(H,30,33)/t16?,17-,24-/m0/s1. The average molecular weight is 529 g/mol. The molecule has 0 bridgehead atoms. The molecule has 1 aliphatic heterocycles. The van der Waals surface area contributed by atoms with Gasteiger partial charge in [0.2, 0.25) is 5.95 Å². The van der Waals surface area contributed by atoms with Crippen LogP contribution in [0.2, 0.25) is 5.02 Å². The van der Waals surface area contributed by atoms with Crippen molar-refractivity contribution in [2.24, 2.45) is 0 Å². The average Bonchev–Trinajstić information content (AvgIpc) is 2.90. The fourth-order valence-corrected chi connectivity index (χ4v) is 5.00. The summed E-state index contributed by atoms with van der Waals surface area (Å²) < 4.78 is 22.5. The van der Waals surface area contributed by atoms with Crippen LogP contribution in [0, 0.1) is 0 Å². The van der Waals surface area contributed by atoms with Crippen LogP contribution >= 0.6 is 11.6 Å². The number of rotatable bonds is 8. The Morgan fingerprint density at radius 2 is 1.83 bits per heavy atom. The zero-order chi connectivity index (χ0) is 25.8. The minimum absolute atomic E-state index is 0.278. The van der Waals surface area contributed by atoms with E-state index < -0.39 is 22.0 Å². The van der Waals surface area contributed by atoms with E-state index in [1.807, 2.05) is 18.2 Å². The van der Waals surface area contributed by atoms with E-state index in [1.54, 1.807) is 43.6 Å². The smallest absolute Gasteiger partial charge is 0.251 e. The number of aliphatic hydroxyl groups is 1. The van der Waals surface area contributed by atoms with E-state index in [0.717, 1.165) is 18.5 Å². The minimum atomic E-state index is -2.58. The molecule has 2 N–H and O–H groups in total. The third-order valence-corrected chi connectivity index (χ3v) is 7.78. The topological polar surface area (TPSA) is 112 Å². The SMILES string of the molecule is CC[C@H]1CN(c2ncc(Cl)cn2)Cc2cc(C(=O)N[C@@H](CO)c3ccc(C(C)[SH](=O)=O)cc3)ccc21. The van der Waals surface area contributed by atoms with Gasteiger partial charge < -0.3 is 15.3 Å². The Morgan fingerprint density at radius 3 is 2.44 bits per heavy atom. The highest BCUT2D eigenvalue weighted by Gasteiger charge is 2.27. The summed E-state index contributed by atoms with van der Waals surface area (Å²) in [6.45, 7) is 4.80. The van der Waals surface area contributed by atoms with E-state index in [0.29, 0.717) is 34.2 Å². The number of carbonyl (C=O) groups is 1. The molecule has 190 valence electrons. The zero-order valence-electron chi connectivity index (χ0n) is 20.1. The highest BCUT2D eigenvalue weighted by Crippen LogP contribution is 2.33. The van der Waals surface area contributed by atoms with E-state index >= 15 is 0 Å². The number of amides is 1. The van der Waals surface area contributed by atoms with Crippen molar-refractivity contribution in [2.45, 2.75) is 44.0 Å². The lowest BCUT2D eigenvalue weighted by Crippen LogP contribution is -2.35. The maximum absolute atomic E-state index is 13.1. The number of aliphatic hydroxyl groups excluding tert-OH is 1. The van der Waals surface area contributed by atoms with Gasteiger partial charge in [-0.2, -0.15) is 0 Å². The Hall–Kier alpha value is -3.01. The van der Waals surface area contributed by atoms with Gasteiger partial charge in [0.05, 0.1) is 35.3 Å². The van der Waals surface area contributed by atoms with Crippen molar-refractivity contribution >= 4 is 34.2 Å². The van der Waals surface area contributed by atoms with Gasteiger partial charge in [0.15, 0.2) is 0 Å². The highest BCUT2D eigenvalue weighted by atomic mass is 35.5. The van der Waals surface area contributed by atoms with Crippen molar-refractivity contribution < 1.29 is 18.3 Å². The molecule has 2 heterocycles. The van der Waals surface area contributed by atoms with Crippen LogP contribution < -0.4 is 10.2 Å². The number of benzene rings is 2. The predicted molar refractivity (Wildman–Crippen MR) is 140 cm³/mol. The third-order valence-electron chi connectivity index (χ3n) is 6.65. The summed E-state index contributed by atoms with van der Waals surface area (Å²) in [5, 5.41) is 12.7. The summed E-state index contributed by atoms with van der Waals surface area (Å²) >= 11 is 5.94. The number of nitrogens with one attached hydrogen (secondary N) is 1. The molecule has 0 spiro atoms. The molecule has 1 amide bonds. The van der Waals surface area contributed by atoms with Gasteiger partial charge in [-0.25, -0.2) is 18.4 Å². The van der Waals surface area contributed by atoms with E-state index in [-0.39, 0.29) is 18.4 Å². The quantitative estimate of drug-likeness (QED) is 0.381. The molecule has 0 radical (unpaired) electrons. The van der Waals surface area contributed by atoms with Crippen molar-refractivity contribution in [1.29, 1.82) is 0 Å². The van der Waals surface area contributed by atoms with Gasteiger partial charge in [-0.1, -0.05) is 48.9 Å². The molecular formula is C26H29ClN4O4S. The molecule has 8 nitrogen and oxygen atoms in total. The second kappa shape index (κ2) is 11.4. The van der Waals surface area contributed by atoms with Crippen molar-refractivity contribution in [3.8, 4) is 0 Å². The van der Waals surface area contributed by atoms with Crippen molar-refractivity contribution in [3.05, 3.63) is 87.7 Å². The molecule has 0 saturated carbocycles.